The van der Waals surface area contributed by atoms with Gasteiger partial charge in [0.15, 0.2) is 11.0 Å². The zero-order chi connectivity index (χ0) is 21.8. The van der Waals surface area contributed by atoms with Crippen molar-refractivity contribution in [3.05, 3.63) is 90.5 Å². The van der Waals surface area contributed by atoms with Crippen LogP contribution in [-0.4, -0.2) is 28.9 Å². The zero-order valence-electron chi connectivity index (χ0n) is 16.1. The number of hydrogen-bond acceptors (Lipinski definition) is 5. The summed E-state index contributed by atoms with van der Waals surface area (Å²) < 4.78 is 50.5. The molecule has 0 radical (unpaired) electrons. The van der Waals surface area contributed by atoms with Crippen molar-refractivity contribution < 1.29 is 17.2 Å². The first-order valence-corrected chi connectivity index (χ1v) is 11.8. The predicted octanol–water partition coefficient (Wildman–Crippen LogP) is 5.22. The molecule has 0 saturated heterocycles. The topological polar surface area (TPSA) is 64.8 Å². The van der Waals surface area contributed by atoms with Crippen LogP contribution in [0, 0.1) is 0 Å². The maximum Gasteiger partial charge on any atom is 0.341 e. The van der Waals surface area contributed by atoms with Gasteiger partial charge >= 0.3 is 5.76 Å². The molecule has 0 atom stereocenters. The molecule has 0 unspecified atom stereocenters. The molecule has 3 aromatic carbocycles. The summed E-state index contributed by atoms with van der Waals surface area (Å²) in [5.41, 5.74) is 2.61. The molecule has 0 amide bonds. The van der Waals surface area contributed by atoms with Crippen LogP contribution in [0.1, 0.15) is 5.56 Å². The zero-order valence-corrected chi connectivity index (χ0v) is 17.7. The van der Waals surface area contributed by atoms with E-state index in [2.05, 4.69) is 10.2 Å². The Morgan fingerprint density at radius 2 is 1.45 bits per heavy atom. The molecule has 9 heteroatoms. The highest BCUT2D eigenvalue weighted by Crippen LogP contribution is 2.30. The standard InChI is InChI=1S/C22H17F2N3O2S2/c23-21(24)31(28,29)19-13-11-16(12-14-19)15-30-22-26-25-20(17-7-3-1-4-8-17)27(22)18-9-5-2-6-10-18/h1-14,21H,15H2. The van der Waals surface area contributed by atoms with E-state index < -0.39 is 20.5 Å². The summed E-state index contributed by atoms with van der Waals surface area (Å²) in [4.78, 5) is -0.393. The smallest absolute Gasteiger partial charge is 0.270 e. The summed E-state index contributed by atoms with van der Waals surface area (Å²) in [6.45, 7) is 0. The van der Waals surface area contributed by atoms with Crippen molar-refractivity contribution in [2.75, 3.05) is 0 Å². The highest BCUT2D eigenvalue weighted by molar-refractivity contribution is 7.98. The van der Waals surface area contributed by atoms with Gasteiger partial charge in [-0.25, -0.2) is 8.42 Å². The molecule has 1 heterocycles. The molecule has 0 aliphatic carbocycles. The van der Waals surface area contributed by atoms with E-state index in [1.54, 1.807) is 0 Å². The number of para-hydroxylation sites is 1. The number of hydrogen-bond donors (Lipinski definition) is 0. The molecule has 4 rings (SSSR count). The second-order valence-corrected chi connectivity index (χ2v) is 9.44. The van der Waals surface area contributed by atoms with Gasteiger partial charge in [-0.15, -0.1) is 10.2 Å². The van der Waals surface area contributed by atoms with Gasteiger partial charge in [-0.2, -0.15) is 8.78 Å². The lowest BCUT2D eigenvalue weighted by atomic mass is 10.2. The summed E-state index contributed by atoms with van der Waals surface area (Å²) in [5.74, 6) is -2.27. The Hall–Kier alpha value is -3.04. The van der Waals surface area contributed by atoms with E-state index in [4.69, 9.17) is 0 Å². The number of sulfone groups is 1. The maximum absolute atomic E-state index is 12.7. The van der Waals surface area contributed by atoms with Crippen molar-refractivity contribution in [3.63, 3.8) is 0 Å². The van der Waals surface area contributed by atoms with Crippen LogP contribution in [0.2, 0.25) is 0 Å². The molecule has 0 spiro atoms. The largest absolute Gasteiger partial charge is 0.341 e. The van der Waals surface area contributed by atoms with Crippen molar-refractivity contribution in [3.8, 4) is 17.1 Å². The summed E-state index contributed by atoms with van der Waals surface area (Å²) in [6, 6.07) is 24.9. The van der Waals surface area contributed by atoms with Crippen molar-refractivity contribution in [2.45, 2.75) is 21.6 Å². The quantitative estimate of drug-likeness (QED) is 0.356. The molecule has 5 nitrogen and oxygen atoms in total. The molecule has 31 heavy (non-hydrogen) atoms. The van der Waals surface area contributed by atoms with Crippen LogP contribution in [-0.2, 0) is 15.6 Å². The van der Waals surface area contributed by atoms with Crippen LogP contribution in [0.5, 0.6) is 0 Å². The lowest BCUT2D eigenvalue weighted by molar-refractivity contribution is 0.234. The Labute approximate surface area is 182 Å². The van der Waals surface area contributed by atoms with E-state index in [-0.39, 0.29) is 0 Å². The van der Waals surface area contributed by atoms with Crippen molar-refractivity contribution in [2.24, 2.45) is 0 Å². The fourth-order valence-electron chi connectivity index (χ4n) is 2.97. The molecule has 158 valence electrons. The number of rotatable bonds is 7. The first-order chi connectivity index (χ1) is 15.0. The lowest BCUT2D eigenvalue weighted by Gasteiger charge is -2.10. The van der Waals surface area contributed by atoms with Crippen LogP contribution >= 0.6 is 11.8 Å². The van der Waals surface area contributed by atoms with Crippen LogP contribution in [0.3, 0.4) is 0 Å². The van der Waals surface area contributed by atoms with Gasteiger partial charge in [-0.3, -0.25) is 4.57 Å². The number of benzene rings is 3. The minimum absolute atomic E-state index is 0.393. The van der Waals surface area contributed by atoms with E-state index >= 15 is 0 Å². The van der Waals surface area contributed by atoms with Gasteiger partial charge in [-0.05, 0) is 29.8 Å². The lowest BCUT2D eigenvalue weighted by Crippen LogP contribution is -2.11. The molecular weight excluding hydrogens is 440 g/mol. The third kappa shape index (κ3) is 4.52. The van der Waals surface area contributed by atoms with E-state index in [9.17, 15) is 17.2 Å². The van der Waals surface area contributed by atoms with Gasteiger partial charge in [0.25, 0.3) is 0 Å². The Balaban J connectivity index is 1.62. The highest BCUT2D eigenvalue weighted by atomic mass is 32.2. The molecule has 0 aliphatic heterocycles. The Kier molecular flexibility index (Phi) is 6.15. The van der Waals surface area contributed by atoms with E-state index in [1.807, 2.05) is 65.2 Å². The third-order valence-electron chi connectivity index (χ3n) is 4.53. The summed E-state index contributed by atoms with van der Waals surface area (Å²) >= 11 is 1.42. The van der Waals surface area contributed by atoms with Gasteiger partial charge in [0, 0.05) is 17.0 Å². The molecule has 1 aromatic heterocycles. The van der Waals surface area contributed by atoms with E-state index in [0.29, 0.717) is 16.7 Å². The first kappa shape index (κ1) is 21.2. The van der Waals surface area contributed by atoms with Crippen molar-refractivity contribution in [1.82, 2.24) is 14.8 Å². The molecule has 0 N–H and O–H groups in total. The number of thioether (sulfide) groups is 1. The number of alkyl halides is 2. The average Bonchev–Trinajstić information content (AvgIpc) is 3.23. The summed E-state index contributed by atoms with van der Waals surface area (Å²) in [5, 5.41) is 9.38. The Morgan fingerprint density at radius 1 is 0.839 bits per heavy atom. The fourth-order valence-corrected chi connectivity index (χ4v) is 4.60. The monoisotopic (exact) mass is 457 g/mol. The third-order valence-corrected chi connectivity index (χ3v) is 6.93. The highest BCUT2D eigenvalue weighted by Gasteiger charge is 2.26. The predicted molar refractivity (Wildman–Crippen MR) is 116 cm³/mol. The van der Waals surface area contributed by atoms with Crippen LogP contribution in [0.4, 0.5) is 8.78 Å². The first-order valence-electron chi connectivity index (χ1n) is 9.27. The molecular formula is C22H17F2N3O2S2. The SMILES string of the molecule is O=S(=O)(c1ccc(CSc2nnc(-c3ccccc3)n2-c2ccccc2)cc1)C(F)F. The van der Waals surface area contributed by atoms with E-state index in [0.717, 1.165) is 16.8 Å². The van der Waals surface area contributed by atoms with Gasteiger partial charge < -0.3 is 0 Å². The van der Waals surface area contributed by atoms with Crippen LogP contribution in [0.15, 0.2) is 95.0 Å². The normalized spacial score (nSPS) is 11.7. The van der Waals surface area contributed by atoms with E-state index in [1.165, 1.54) is 36.0 Å². The Bertz CT molecular complexity index is 1260. The maximum atomic E-state index is 12.7. The molecule has 0 saturated carbocycles. The minimum atomic E-state index is -4.60. The van der Waals surface area contributed by atoms with Gasteiger partial charge in [0.1, 0.15) is 0 Å². The number of halogens is 2. The average molecular weight is 458 g/mol. The van der Waals surface area contributed by atoms with Crippen molar-refractivity contribution >= 4 is 21.6 Å². The van der Waals surface area contributed by atoms with Gasteiger partial charge in [0.05, 0.1) is 4.90 Å². The Morgan fingerprint density at radius 3 is 2.06 bits per heavy atom. The summed E-state index contributed by atoms with van der Waals surface area (Å²) in [6.07, 6.45) is 0. The van der Waals surface area contributed by atoms with Gasteiger partial charge in [-0.1, -0.05) is 72.4 Å². The van der Waals surface area contributed by atoms with Crippen LogP contribution < -0.4 is 0 Å². The minimum Gasteiger partial charge on any atom is -0.270 e. The molecule has 0 bridgehead atoms. The fraction of sp³-hybridized carbons (Fsp3) is 0.0909. The second kappa shape index (κ2) is 8.99. The number of aromatic nitrogens is 3. The molecule has 4 aromatic rings. The van der Waals surface area contributed by atoms with Crippen LogP contribution in [0.25, 0.3) is 17.1 Å². The summed E-state index contributed by atoms with van der Waals surface area (Å²) in [7, 11) is -4.60. The van der Waals surface area contributed by atoms with Gasteiger partial charge in [0.2, 0.25) is 9.84 Å². The molecule has 0 aliphatic rings. The number of nitrogens with zero attached hydrogens (tertiary/aromatic N) is 3. The van der Waals surface area contributed by atoms with Crippen molar-refractivity contribution in [1.29, 1.82) is 0 Å². The second-order valence-electron chi connectivity index (χ2n) is 6.58. The molecule has 0 fully saturated rings.